The SMILES string of the molecule is CCCNC(=O)NCC1(C)CCCO1. The van der Waals surface area contributed by atoms with Gasteiger partial charge < -0.3 is 15.4 Å². The van der Waals surface area contributed by atoms with Crippen LogP contribution in [-0.4, -0.2) is 31.3 Å². The zero-order valence-electron chi connectivity index (χ0n) is 9.06. The van der Waals surface area contributed by atoms with Crippen molar-refractivity contribution in [3.05, 3.63) is 0 Å². The molecular weight excluding hydrogens is 180 g/mol. The van der Waals surface area contributed by atoms with Gasteiger partial charge in [-0.3, -0.25) is 0 Å². The van der Waals surface area contributed by atoms with Crippen molar-refractivity contribution >= 4 is 6.03 Å². The molecule has 0 saturated carbocycles. The molecule has 2 N–H and O–H groups in total. The summed E-state index contributed by atoms with van der Waals surface area (Å²) in [6.07, 6.45) is 3.08. The molecule has 0 bridgehead atoms. The Hall–Kier alpha value is -0.770. The third-order valence-corrected chi connectivity index (χ3v) is 2.46. The van der Waals surface area contributed by atoms with Crippen molar-refractivity contribution in [1.29, 1.82) is 0 Å². The maximum atomic E-state index is 11.2. The maximum absolute atomic E-state index is 11.2. The summed E-state index contributed by atoms with van der Waals surface area (Å²) in [4.78, 5) is 11.2. The minimum atomic E-state index is -0.149. The first-order chi connectivity index (χ1) is 6.66. The quantitative estimate of drug-likeness (QED) is 0.718. The van der Waals surface area contributed by atoms with E-state index >= 15 is 0 Å². The standard InChI is InChI=1S/C10H20N2O2/c1-3-6-11-9(13)12-8-10(2)5-4-7-14-10/h3-8H2,1-2H3,(H2,11,12,13). The zero-order chi connectivity index (χ0) is 10.4. The number of hydrogen-bond donors (Lipinski definition) is 2. The Balaban J connectivity index is 2.15. The molecule has 1 rings (SSSR count). The van der Waals surface area contributed by atoms with Crippen LogP contribution < -0.4 is 10.6 Å². The lowest BCUT2D eigenvalue weighted by molar-refractivity contribution is 0.0229. The van der Waals surface area contributed by atoms with Crippen molar-refractivity contribution in [3.8, 4) is 0 Å². The number of urea groups is 1. The van der Waals surface area contributed by atoms with Crippen molar-refractivity contribution in [2.24, 2.45) is 0 Å². The molecule has 1 aliphatic heterocycles. The van der Waals surface area contributed by atoms with Crippen molar-refractivity contribution in [1.82, 2.24) is 10.6 Å². The molecule has 0 aliphatic carbocycles. The van der Waals surface area contributed by atoms with E-state index in [4.69, 9.17) is 4.74 Å². The molecule has 1 heterocycles. The van der Waals surface area contributed by atoms with Crippen LogP contribution in [0.15, 0.2) is 0 Å². The summed E-state index contributed by atoms with van der Waals surface area (Å²) in [5.74, 6) is 0. The Morgan fingerprint density at radius 1 is 1.50 bits per heavy atom. The highest BCUT2D eigenvalue weighted by Gasteiger charge is 2.29. The van der Waals surface area contributed by atoms with Crippen molar-refractivity contribution < 1.29 is 9.53 Å². The minimum absolute atomic E-state index is 0.0939. The maximum Gasteiger partial charge on any atom is 0.314 e. The molecule has 14 heavy (non-hydrogen) atoms. The average molecular weight is 200 g/mol. The van der Waals surface area contributed by atoms with Crippen LogP contribution in [0.5, 0.6) is 0 Å². The van der Waals surface area contributed by atoms with Gasteiger partial charge in [0, 0.05) is 19.7 Å². The number of hydrogen-bond acceptors (Lipinski definition) is 2. The van der Waals surface area contributed by atoms with Crippen LogP contribution in [0, 0.1) is 0 Å². The molecule has 4 nitrogen and oxygen atoms in total. The number of carbonyl (C=O) groups is 1. The lowest BCUT2D eigenvalue weighted by Gasteiger charge is -2.23. The van der Waals surface area contributed by atoms with E-state index in [0.29, 0.717) is 6.54 Å². The fraction of sp³-hybridized carbons (Fsp3) is 0.900. The Morgan fingerprint density at radius 3 is 2.86 bits per heavy atom. The van der Waals surface area contributed by atoms with E-state index in [1.165, 1.54) is 0 Å². The lowest BCUT2D eigenvalue weighted by atomic mass is 10.0. The smallest absolute Gasteiger partial charge is 0.314 e. The first-order valence-electron chi connectivity index (χ1n) is 5.32. The topological polar surface area (TPSA) is 50.4 Å². The summed E-state index contributed by atoms with van der Waals surface area (Å²) in [5.41, 5.74) is -0.149. The van der Waals surface area contributed by atoms with Gasteiger partial charge in [0.2, 0.25) is 0 Å². The van der Waals surface area contributed by atoms with Crippen LogP contribution in [0.4, 0.5) is 4.79 Å². The second-order valence-corrected chi connectivity index (χ2v) is 4.01. The van der Waals surface area contributed by atoms with E-state index in [1.54, 1.807) is 0 Å². The van der Waals surface area contributed by atoms with Gasteiger partial charge in [-0.15, -0.1) is 0 Å². The van der Waals surface area contributed by atoms with Gasteiger partial charge in [0.05, 0.1) is 5.60 Å². The van der Waals surface area contributed by atoms with Gasteiger partial charge >= 0.3 is 6.03 Å². The Morgan fingerprint density at radius 2 is 2.29 bits per heavy atom. The van der Waals surface area contributed by atoms with E-state index < -0.39 is 0 Å². The Kier molecular flexibility index (Phi) is 4.20. The number of rotatable bonds is 4. The van der Waals surface area contributed by atoms with Crippen molar-refractivity contribution in [3.63, 3.8) is 0 Å². The molecule has 1 aliphatic rings. The van der Waals surface area contributed by atoms with Crippen LogP contribution >= 0.6 is 0 Å². The summed E-state index contributed by atoms with van der Waals surface area (Å²) in [5, 5.41) is 5.59. The molecule has 0 aromatic rings. The summed E-state index contributed by atoms with van der Waals surface area (Å²) in [6.45, 7) is 6.21. The van der Waals surface area contributed by atoms with E-state index in [2.05, 4.69) is 10.6 Å². The van der Waals surface area contributed by atoms with E-state index in [-0.39, 0.29) is 11.6 Å². The normalized spacial score (nSPS) is 26.1. The van der Waals surface area contributed by atoms with Crippen LogP contribution in [-0.2, 0) is 4.74 Å². The largest absolute Gasteiger partial charge is 0.373 e. The minimum Gasteiger partial charge on any atom is -0.373 e. The van der Waals surface area contributed by atoms with Gasteiger partial charge in [-0.2, -0.15) is 0 Å². The third-order valence-electron chi connectivity index (χ3n) is 2.46. The molecule has 1 fully saturated rings. The highest BCUT2D eigenvalue weighted by atomic mass is 16.5. The fourth-order valence-electron chi connectivity index (χ4n) is 1.54. The summed E-state index contributed by atoms with van der Waals surface area (Å²) in [6, 6.07) is -0.0939. The van der Waals surface area contributed by atoms with Gasteiger partial charge in [-0.25, -0.2) is 4.79 Å². The molecule has 0 aromatic heterocycles. The molecule has 1 saturated heterocycles. The van der Waals surface area contributed by atoms with Gasteiger partial charge in [-0.05, 0) is 26.2 Å². The summed E-state index contributed by atoms with van der Waals surface area (Å²) < 4.78 is 5.55. The zero-order valence-corrected chi connectivity index (χ0v) is 9.06. The van der Waals surface area contributed by atoms with Gasteiger partial charge in [0.1, 0.15) is 0 Å². The van der Waals surface area contributed by atoms with Gasteiger partial charge in [0.15, 0.2) is 0 Å². The van der Waals surface area contributed by atoms with E-state index in [1.807, 2.05) is 13.8 Å². The van der Waals surface area contributed by atoms with E-state index in [9.17, 15) is 4.79 Å². The Labute approximate surface area is 85.4 Å². The molecule has 4 heteroatoms. The third kappa shape index (κ3) is 3.54. The second-order valence-electron chi connectivity index (χ2n) is 4.01. The van der Waals surface area contributed by atoms with Crippen LogP contribution in [0.2, 0.25) is 0 Å². The van der Waals surface area contributed by atoms with E-state index in [0.717, 1.165) is 32.4 Å². The molecule has 1 unspecified atom stereocenters. The number of nitrogens with one attached hydrogen (secondary N) is 2. The predicted molar refractivity (Wildman–Crippen MR) is 55.3 cm³/mol. The van der Waals surface area contributed by atoms with Gasteiger partial charge in [0.25, 0.3) is 0 Å². The second kappa shape index (κ2) is 5.20. The first kappa shape index (κ1) is 11.3. The lowest BCUT2D eigenvalue weighted by Crippen LogP contribution is -2.44. The monoisotopic (exact) mass is 200 g/mol. The average Bonchev–Trinajstić information content (AvgIpc) is 2.60. The van der Waals surface area contributed by atoms with Gasteiger partial charge in [-0.1, -0.05) is 6.92 Å². The Bertz CT molecular complexity index is 189. The first-order valence-corrected chi connectivity index (χ1v) is 5.32. The van der Waals surface area contributed by atoms with Crippen LogP contribution in [0.1, 0.15) is 33.1 Å². The summed E-state index contributed by atoms with van der Waals surface area (Å²) in [7, 11) is 0. The van der Waals surface area contributed by atoms with Crippen LogP contribution in [0.25, 0.3) is 0 Å². The molecule has 0 aromatic carbocycles. The number of ether oxygens (including phenoxy) is 1. The molecule has 0 radical (unpaired) electrons. The molecule has 0 spiro atoms. The molecule has 1 atom stereocenters. The molecule has 82 valence electrons. The summed E-state index contributed by atoms with van der Waals surface area (Å²) >= 11 is 0. The number of amides is 2. The molecule has 2 amide bonds. The van der Waals surface area contributed by atoms with Crippen LogP contribution in [0.3, 0.4) is 0 Å². The fourth-order valence-corrected chi connectivity index (χ4v) is 1.54. The van der Waals surface area contributed by atoms with Crippen molar-refractivity contribution in [2.45, 2.75) is 38.7 Å². The molecular formula is C10H20N2O2. The van der Waals surface area contributed by atoms with Crippen molar-refractivity contribution in [2.75, 3.05) is 19.7 Å². The highest BCUT2D eigenvalue weighted by molar-refractivity contribution is 5.73. The predicted octanol–water partition coefficient (Wildman–Crippen LogP) is 1.26. The number of carbonyl (C=O) groups excluding carboxylic acids is 1. The highest BCUT2D eigenvalue weighted by Crippen LogP contribution is 2.23.